The molecule has 0 unspecified atom stereocenters. The molecule has 1 aromatic heterocycles. The van der Waals surface area contributed by atoms with Crippen LogP contribution in [0.25, 0.3) is 0 Å². The summed E-state index contributed by atoms with van der Waals surface area (Å²) in [4.78, 5) is 23.0. The van der Waals surface area contributed by atoms with E-state index in [-0.39, 0.29) is 11.7 Å². The Bertz CT molecular complexity index is 680. The standard InChI is InChI=1S/C18H23FN4O/c1-12-11-13(2)22-16(21-12)9-10-20-18(24)17(23(3)4)14-5-7-15(19)8-6-14/h5-8,11,17H,9-10H2,1-4H3,(H,20,24)/t17-/m0/s1. The van der Waals surface area contributed by atoms with Gasteiger partial charge in [-0.25, -0.2) is 14.4 Å². The van der Waals surface area contributed by atoms with Gasteiger partial charge < -0.3 is 5.32 Å². The zero-order chi connectivity index (χ0) is 17.7. The highest BCUT2D eigenvalue weighted by molar-refractivity contribution is 5.83. The molecule has 128 valence electrons. The molecule has 1 heterocycles. The number of halogens is 1. The number of carbonyl (C=O) groups excluding carboxylic acids is 1. The van der Waals surface area contributed by atoms with E-state index in [0.717, 1.165) is 22.8 Å². The van der Waals surface area contributed by atoms with Gasteiger partial charge in [-0.15, -0.1) is 0 Å². The van der Waals surface area contributed by atoms with Crippen LogP contribution in [-0.4, -0.2) is 41.4 Å². The van der Waals surface area contributed by atoms with E-state index in [1.54, 1.807) is 17.0 Å². The topological polar surface area (TPSA) is 58.1 Å². The van der Waals surface area contributed by atoms with Crippen LogP contribution < -0.4 is 5.32 Å². The van der Waals surface area contributed by atoms with Crippen molar-refractivity contribution in [3.63, 3.8) is 0 Å². The Labute approximate surface area is 141 Å². The third-order valence-corrected chi connectivity index (χ3v) is 3.63. The largest absolute Gasteiger partial charge is 0.354 e. The number of hydrogen-bond acceptors (Lipinski definition) is 4. The summed E-state index contributed by atoms with van der Waals surface area (Å²) in [5, 5.41) is 2.91. The van der Waals surface area contributed by atoms with Crippen molar-refractivity contribution in [1.82, 2.24) is 20.2 Å². The lowest BCUT2D eigenvalue weighted by Gasteiger charge is -2.23. The number of hydrogen-bond donors (Lipinski definition) is 1. The second-order valence-corrected chi connectivity index (χ2v) is 6.03. The second-order valence-electron chi connectivity index (χ2n) is 6.03. The van der Waals surface area contributed by atoms with E-state index >= 15 is 0 Å². The molecule has 1 amide bonds. The molecular weight excluding hydrogens is 307 g/mol. The molecule has 0 aliphatic heterocycles. The first-order chi connectivity index (χ1) is 11.4. The minimum atomic E-state index is -0.467. The molecule has 24 heavy (non-hydrogen) atoms. The number of aromatic nitrogens is 2. The van der Waals surface area contributed by atoms with Crippen LogP contribution in [0.15, 0.2) is 30.3 Å². The maximum Gasteiger partial charge on any atom is 0.241 e. The molecule has 1 atom stereocenters. The third-order valence-electron chi connectivity index (χ3n) is 3.63. The van der Waals surface area contributed by atoms with Crippen molar-refractivity contribution in [2.24, 2.45) is 0 Å². The van der Waals surface area contributed by atoms with Crippen LogP contribution in [-0.2, 0) is 11.2 Å². The summed E-state index contributed by atoms with van der Waals surface area (Å²) in [5.74, 6) is 0.274. The van der Waals surface area contributed by atoms with Crippen molar-refractivity contribution in [2.75, 3.05) is 20.6 Å². The smallest absolute Gasteiger partial charge is 0.241 e. The Morgan fingerprint density at radius 3 is 2.29 bits per heavy atom. The van der Waals surface area contributed by atoms with Gasteiger partial charge in [0.1, 0.15) is 17.7 Å². The van der Waals surface area contributed by atoms with E-state index in [0.29, 0.717) is 13.0 Å². The molecule has 0 spiro atoms. The number of aryl methyl sites for hydroxylation is 2. The summed E-state index contributed by atoms with van der Waals surface area (Å²) < 4.78 is 13.1. The SMILES string of the molecule is Cc1cc(C)nc(CCNC(=O)[C@H](c2ccc(F)cc2)N(C)C)n1. The highest BCUT2D eigenvalue weighted by Crippen LogP contribution is 2.18. The van der Waals surface area contributed by atoms with Crippen molar-refractivity contribution in [1.29, 1.82) is 0 Å². The van der Waals surface area contributed by atoms with Crippen LogP contribution in [0.3, 0.4) is 0 Å². The van der Waals surface area contributed by atoms with Gasteiger partial charge in [0, 0.05) is 24.4 Å². The van der Waals surface area contributed by atoms with Gasteiger partial charge in [-0.2, -0.15) is 0 Å². The van der Waals surface area contributed by atoms with Gasteiger partial charge in [-0.05, 0) is 51.7 Å². The summed E-state index contributed by atoms with van der Waals surface area (Å²) in [5.41, 5.74) is 2.59. The van der Waals surface area contributed by atoms with Crippen molar-refractivity contribution in [3.8, 4) is 0 Å². The third kappa shape index (κ3) is 4.83. The van der Waals surface area contributed by atoms with Gasteiger partial charge in [-0.3, -0.25) is 9.69 Å². The molecule has 0 bridgehead atoms. The minimum Gasteiger partial charge on any atom is -0.354 e. The normalized spacial score (nSPS) is 12.2. The summed E-state index contributed by atoms with van der Waals surface area (Å²) in [6.07, 6.45) is 0.567. The van der Waals surface area contributed by atoms with Crippen molar-refractivity contribution in [2.45, 2.75) is 26.3 Å². The fraction of sp³-hybridized carbons (Fsp3) is 0.389. The first-order valence-electron chi connectivity index (χ1n) is 7.87. The van der Waals surface area contributed by atoms with E-state index in [1.165, 1.54) is 12.1 Å². The summed E-state index contributed by atoms with van der Waals surface area (Å²) in [6.45, 7) is 4.30. The molecular formula is C18H23FN4O. The highest BCUT2D eigenvalue weighted by Gasteiger charge is 2.22. The zero-order valence-electron chi connectivity index (χ0n) is 14.5. The Morgan fingerprint density at radius 1 is 1.17 bits per heavy atom. The lowest BCUT2D eigenvalue weighted by molar-refractivity contribution is -0.125. The number of nitrogens with one attached hydrogen (secondary N) is 1. The summed E-state index contributed by atoms with van der Waals surface area (Å²) in [6, 6.07) is 7.44. The van der Waals surface area contributed by atoms with Gasteiger partial charge in [0.25, 0.3) is 0 Å². The van der Waals surface area contributed by atoms with Gasteiger partial charge in [-0.1, -0.05) is 12.1 Å². The van der Waals surface area contributed by atoms with Gasteiger partial charge in [0.15, 0.2) is 0 Å². The van der Waals surface area contributed by atoms with E-state index < -0.39 is 6.04 Å². The molecule has 2 rings (SSSR count). The molecule has 0 saturated carbocycles. The maximum absolute atomic E-state index is 13.1. The highest BCUT2D eigenvalue weighted by atomic mass is 19.1. The quantitative estimate of drug-likeness (QED) is 0.882. The zero-order valence-corrected chi connectivity index (χ0v) is 14.5. The van der Waals surface area contributed by atoms with Crippen LogP contribution in [0.1, 0.15) is 28.8 Å². The van der Waals surface area contributed by atoms with Gasteiger partial charge >= 0.3 is 0 Å². The van der Waals surface area contributed by atoms with Crippen LogP contribution in [0.2, 0.25) is 0 Å². The monoisotopic (exact) mass is 330 g/mol. The predicted octanol–water partition coefficient (Wildman–Crippen LogP) is 2.19. The van der Waals surface area contributed by atoms with Crippen LogP contribution in [0.4, 0.5) is 4.39 Å². The average Bonchev–Trinajstić information content (AvgIpc) is 2.48. The Balaban J connectivity index is 1.99. The molecule has 5 nitrogen and oxygen atoms in total. The Morgan fingerprint density at radius 2 is 1.75 bits per heavy atom. The predicted molar refractivity (Wildman–Crippen MR) is 91.0 cm³/mol. The van der Waals surface area contributed by atoms with E-state index in [2.05, 4.69) is 15.3 Å². The number of rotatable bonds is 6. The first kappa shape index (κ1) is 18.0. The Hall–Kier alpha value is -2.34. The molecule has 1 N–H and O–H groups in total. The number of nitrogens with zero attached hydrogens (tertiary/aromatic N) is 3. The van der Waals surface area contributed by atoms with Crippen molar-refractivity contribution >= 4 is 5.91 Å². The van der Waals surface area contributed by atoms with Crippen molar-refractivity contribution < 1.29 is 9.18 Å². The van der Waals surface area contributed by atoms with E-state index in [9.17, 15) is 9.18 Å². The number of benzene rings is 1. The molecule has 0 radical (unpaired) electrons. The molecule has 2 aromatic rings. The minimum absolute atomic E-state index is 0.129. The number of likely N-dealkylation sites (N-methyl/N-ethyl adjacent to an activating group) is 1. The maximum atomic E-state index is 13.1. The molecule has 0 fully saturated rings. The fourth-order valence-corrected chi connectivity index (χ4v) is 2.63. The fourth-order valence-electron chi connectivity index (χ4n) is 2.63. The number of amides is 1. The molecule has 6 heteroatoms. The molecule has 1 aromatic carbocycles. The molecule has 0 aliphatic rings. The van der Waals surface area contributed by atoms with Crippen LogP contribution >= 0.6 is 0 Å². The number of carbonyl (C=O) groups is 1. The molecule has 0 saturated heterocycles. The Kier molecular flexibility index (Phi) is 5.98. The first-order valence-corrected chi connectivity index (χ1v) is 7.87. The lowest BCUT2D eigenvalue weighted by Crippen LogP contribution is -2.38. The van der Waals surface area contributed by atoms with E-state index in [4.69, 9.17) is 0 Å². The molecule has 0 aliphatic carbocycles. The van der Waals surface area contributed by atoms with Crippen LogP contribution in [0.5, 0.6) is 0 Å². The summed E-state index contributed by atoms with van der Waals surface area (Å²) in [7, 11) is 3.64. The summed E-state index contributed by atoms with van der Waals surface area (Å²) >= 11 is 0. The van der Waals surface area contributed by atoms with Gasteiger partial charge in [0.2, 0.25) is 5.91 Å². The second kappa shape index (κ2) is 7.97. The van der Waals surface area contributed by atoms with Crippen LogP contribution in [0, 0.1) is 19.7 Å². The van der Waals surface area contributed by atoms with E-state index in [1.807, 2.05) is 34.0 Å². The van der Waals surface area contributed by atoms with Gasteiger partial charge in [0.05, 0.1) is 0 Å². The lowest BCUT2D eigenvalue weighted by atomic mass is 10.1. The van der Waals surface area contributed by atoms with Crippen molar-refractivity contribution in [3.05, 3.63) is 58.9 Å². The average molecular weight is 330 g/mol.